The molecule has 138 valence electrons. The number of anilines is 1. The van der Waals surface area contributed by atoms with E-state index in [2.05, 4.69) is 4.98 Å². The highest BCUT2D eigenvalue weighted by Crippen LogP contribution is 2.36. The number of ketones is 1. The summed E-state index contributed by atoms with van der Waals surface area (Å²) in [5.74, 6) is -1.88. The van der Waals surface area contributed by atoms with Crippen LogP contribution in [-0.4, -0.2) is 63.4 Å². The molecular weight excluding hydrogens is 348 g/mol. The Labute approximate surface area is 152 Å². The maximum atomic E-state index is 12.8. The van der Waals surface area contributed by atoms with Crippen molar-refractivity contribution in [2.45, 2.75) is 19.9 Å². The van der Waals surface area contributed by atoms with Gasteiger partial charge in [0, 0.05) is 26.5 Å². The third-order valence-corrected chi connectivity index (χ3v) is 4.34. The number of ether oxygens (including phenoxy) is 3. The smallest absolute Gasteiger partial charge is 0.318 e. The zero-order valence-corrected chi connectivity index (χ0v) is 15.6. The average Bonchev–Trinajstić information content (AvgIpc) is 2.54. The van der Waals surface area contributed by atoms with Gasteiger partial charge in [-0.15, -0.1) is 0 Å². The van der Waals surface area contributed by atoms with Crippen molar-refractivity contribution in [1.82, 2.24) is 4.98 Å². The third kappa shape index (κ3) is 4.11. The van der Waals surface area contributed by atoms with Crippen molar-refractivity contribution in [3.05, 3.63) is 22.5 Å². The number of hydrogen-bond donors (Lipinski definition) is 0. The number of hydrogen-bond acceptors (Lipinski definition) is 7. The number of methoxy groups -OCH3 is 2. The van der Waals surface area contributed by atoms with Gasteiger partial charge in [-0.2, -0.15) is 0 Å². The van der Waals surface area contributed by atoms with E-state index in [-0.39, 0.29) is 35.7 Å². The number of Topliss-reactive ketones (excluding diaryl/α,β-unsaturated/α-hetero) is 1. The summed E-state index contributed by atoms with van der Waals surface area (Å²) in [7, 11) is 3.18. The Hall–Kier alpha value is -1.70. The molecule has 1 aliphatic heterocycles. The first-order valence-corrected chi connectivity index (χ1v) is 8.44. The van der Waals surface area contributed by atoms with Gasteiger partial charge in [-0.25, -0.2) is 4.98 Å². The van der Waals surface area contributed by atoms with E-state index in [1.165, 1.54) is 0 Å². The van der Waals surface area contributed by atoms with Crippen molar-refractivity contribution in [3.63, 3.8) is 0 Å². The molecule has 0 amide bonds. The zero-order valence-electron chi connectivity index (χ0n) is 14.9. The lowest BCUT2D eigenvalue weighted by atomic mass is 9.90. The van der Waals surface area contributed by atoms with E-state index >= 15 is 0 Å². The highest BCUT2D eigenvalue weighted by Gasteiger charge is 2.41. The van der Waals surface area contributed by atoms with Crippen LogP contribution in [0, 0.1) is 12.8 Å². The fraction of sp³-hybridized carbons (Fsp3) is 0.588. The molecule has 2 heterocycles. The van der Waals surface area contributed by atoms with Crippen molar-refractivity contribution < 1.29 is 23.8 Å². The van der Waals surface area contributed by atoms with E-state index in [0.29, 0.717) is 24.6 Å². The lowest BCUT2D eigenvalue weighted by molar-refractivity contribution is -0.146. The van der Waals surface area contributed by atoms with Gasteiger partial charge in [0.15, 0.2) is 5.78 Å². The summed E-state index contributed by atoms with van der Waals surface area (Å²) in [6.07, 6.45) is 0. The monoisotopic (exact) mass is 370 g/mol. The van der Waals surface area contributed by atoms with Gasteiger partial charge in [0.05, 0.1) is 37.1 Å². The fourth-order valence-corrected chi connectivity index (χ4v) is 3.33. The van der Waals surface area contributed by atoms with Crippen LogP contribution in [0.15, 0.2) is 6.07 Å². The van der Waals surface area contributed by atoms with Gasteiger partial charge in [-0.05, 0) is 19.9 Å². The number of nitrogens with zero attached hydrogens (tertiary/aromatic N) is 2. The van der Waals surface area contributed by atoms with Gasteiger partial charge < -0.3 is 19.1 Å². The molecule has 1 aliphatic rings. The van der Waals surface area contributed by atoms with E-state index in [9.17, 15) is 9.59 Å². The lowest BCUT2D eigenvalue weighted by Gasteiger charge is -2.39. The van der Waals surface area contributed by atoms with E-state index in [1.54, 1.807) is 34.1 Å². The van der Waals surface area contributed by atoms with Crippen molar-refractivity contribution in [1.29, 1.82) is 0 Å². The highest BCUT2D eigenvalue weighted by atomic mass is 35.5. The Morgan fingerprint density at radius 2 is 2.04 bits per heavy atom. The first kappa shape index (κ1) is 19.6. The minimum Gasteiger partial charge on any atom is -0.465 e. The molecule has 2 rings (SSSR count). The average molecular weight is 371 g/mol. The molecule has 0 radical (unpaired) electrons. The summed E-state index contributed by atoms with van der Waals surface area (Å²) in [6, 6.07) is 1.61. The van der Waals surface area contributed by atoms with Crippen LogP contribution >= 0.6 is 11.6 Å². The predicted octanol–water partition coefficient (Wildman–Crippen LogP) is 1.89. The number of halogens is 1. The second-order valence-electron chi connectivity index (χ2n) is 5.83. The second kappa shape index (κ2) is 8.60. The SMILES string of the molecule is CCOC(=O)C1CN(C(COC)COC)c2cc(C)nc(Cl)c2C1=O. The van der Waals surface area contributed by atoms with Crippen LogP contribution in [0.3, 0.4) is 0 Å². The second-order valence-corrected chi connectivity index (χ2v) is 6.19. The highest BCUT2D eigenvalue weighted by molar-refractivity contribution is 6.34. The zero-order chi connectivity index (χ0) is 18.6. The minimum absolute atomic E-state index is 0.0904. The molecule has 0 bridgehead atoms. The maximum Gasteiger partial charge on any atom is 0.318 e. The van der Waals surface area contributed by atoms with E-state index in [1.807, 2.05) is 4.90 Å². The molecule has 0 saturated heterocycles. The lowest BCUT2D eigenvalue weighted by Crippen LogP contribution is -2.51. The Balaban J connectivity index is 2.53. The predicted molar refractivity (Wildman–Crippen MR) is 93.3 cm³/mol. The molecule has 1 atom stereocenters. The molecule has 0 N–H and O–H groups in total. The van der Waals surface area contributed by atoms with Crippen LogP contribution in [0.4, 0.5) is 5.69 Å². The molecule has 0 aliphatic carbocycles. The Kier molecular flexibility index (Phi) is 6.75. The summed E-state index contributed by atoms with van der Waals surface area (Å²) < 4.78 is 15.6. The Bertz CT molecular complexity index is 646. The van der Waals surface area contributed by atoms with Crippen LogP contribution in [0.2, 0.25) is 5.15 Å². The summed E-state index contributed by atoms with van der Waals surface area (Å²) in [6.45, 7) is 4.63. The Morgan fingerprint density at radius 1 is 1.40 bits per heavy atom. The maximum absolute atomic E-state index is 12.8. The fourth-order valence-electron chi connectivity index (χ4n) is 3.01. The topological polar surface area (TPSA) is 78.0 Å². The van der Waals surface area contributed by atoms with E-state index in [4.69, 9.17) is 25.8 Å². The molecule has 0 saturated carbocycles. The third-order valence-electron chi connectivity index (χ3n) is 4.06. The molecule has 0 spiro atoms. The minimum atomic E-state index is -0.953. The van der Waals surface area contributed by atoms with Gasteiger partial charge >= 0.3 is 5.97 Å². The number of pyridine rings is 1. The van der Waals surface area contributed by atoms with Crippen LogP contribution in [-0.2, 0) is 19.0 Å². The summed E-state index contributed by atoms with van der Waals surface area (Å²) in [5, 5.41) is 0.0904. The van der Waals surface area contributed by atoms with Gasteiger partial charge in [-0.3, -0.25) is 9.59 Å². The van der Waals surface area contributed by atoms with Gasteiger partial charge in [-0.1, -0.05) is 11.6 Å². The van der Waals surface area contributed by atoms with Crippen LogP contribution in [0.25, 0.3) is 0 Å². The van der Waals surface area contributed by atoms with Crippen molar-refractivity contribution in [2.24, 2.45) is 5.92 Å². The summed E-state index contributed by atoms with van der Waals surface area (Å²) >= 11 is 6.24. The molecular formula is C17H23ClN2O5. The molecule has 7 nitrogen and oxygen atoms in total. The van der Waals surface area contributed by atoms with Crippen LogP contribution < -0.4 is 4.90 Å². The summed E-state index contributed by atoms with van der Waals surface area (Å²) in [5.41, 5.74) is 1.57. The van der Waals surface area contributed by atoms with Gasteiger partial charge in [0.25, 0.3) is 0 Å². The molecule has 1 unspecified atom stereocenters. The number of aryl methyl sites for hydroxylation is 1. The normalized spacial score (nSPS) is 17.0. The molecule has 8 heteroatoms. The van der Waals surface area contributed by atoms with Gasteiger partial charge in [0.2, 0.25) is 0 Å². The van der Waals surface area contributed by atoms with Crippen LogP contribution in [0.1, 0.15) is 23.0 Å². The van der Waals surface area contributed by atoms with Crippen molar-refractivity contribution in [3.8, 4) is 0 Å². The quantitative estimate of drug-likeness (QED) is 0.412. The van der Waals surface area contributed by atoms with Crippen molar-refractivity contribution in [2.75, 3.05) is 45.5 Å². The number of aromatic nitrogens is 1. The molecule has 0 aromatic carbocycles. The molecule has 1 aromatic rings. The number of fused-ring (bicyclic) bond motifs is 1. The van der Waals surface area contributed by atoms with E-state index < -0.39 is 11.9 Å². The Morgan fingerprint density at radius 3 is 2.60 bits per heavy atom. The molecule has 0 fully saturated rings. The van der Waals surface area contributed by atoms with Crippen molar-refractivity contribution >= 4 is 29.0 Å². The molecule has 1 aromatic heterocycles. The first-order valence-electron chi connectivity index (χ1n) is 8.07. The molecule has 25 heavy (non-hydrogen) atoms. The van der Waals surface area contributed by atoms with Crippen LogP contribution in [0.5, 0.6) is 0 Å². The number of carbonyl (C=O) groups excluding carboxylic acids is 2. The van der Waals surface area contributed by atoms with Gasteiger partial charge in [0.1, 0.15) is 11.1 Å². The number of esters is 1. The first-order chi connectivity index (χ1) is 11.9. The number of carbonyl (C=O) groups is 2. The van der Waals surface area contributed by atoms with E-state index in [0.717, 1.165) is 0 Å². The summed E-state index contributed by atoms with van der Waals surface area (Å²) in [4.78, 5) is 31.2. The largest absolute Gasteiger partial charge is 0.465 e. The number of rotatable bonds is 7. The standard InChI is InChI=1S/C17H23ClN2O5/c1-5-25-17(22)12-7-20(11(8-23-3)9-24-4)13-6-10(2)19-16(18)14(13)15(12)21/h6,11-12H,5,7-9H2,1-4H3.